The van der Waals surface area contributed by atoms with Gasteiger partial charge in [-0.3, -0.25) is 0 Å². The molecule has 0 saturated carbocycles. The smallest absolute Gasteiger partial charge is 0.191 e. The molecule has 0 bridgehead atoms. The van der Waals surface area contributed by atoms with Gasteiger partial charge in [-0.2, -0.15) is 0 Å². The van der Waals surface area contributed by atoms with Crippen molar-refractivity contribution in [2.75, 3.05) is 6.54 Å². The van der Waals surface area contributed by atoms with E-state index in [0.29, 0.717) is 0 Å². The molecule has 4 nitrogen and oxygen atoms in total. The molecule has 0 aliphatic rings. The largest absolute Gasteiger partial charge is 0.357 e. The Balaban J connectivity index is 1.96. The minimum absolute atomic E-state index is 0.723. The molecule has 0 amide bonds. The summed E-state index contributed by atoms with van der Waals surface area (Å²) in [4.78, 5) is 11.5. The Labute approximate surface area is 128 Å². The van der Waals surface area contributed by atoms with Crippen LogP contribution in [0.1, 0.15) is 27.9 Å². The van der Waals surface area contributed by atoms with Crippen LogP contribution in [-0.4, -0.2) is 17.5 Å². The van der Waals surface area contributed by atoms with E-state index in [0.717, 1.165) is 31.3 Å². The Morgan fingerprint density at radius 2 is 2.10 bits per heavy atom. The van der Waals surface area contributed by atoms with Crippen molar-refractivity contribution in [2.24, 2.45) is 4.99 Å². The van der Waals surface area contributed by atoms with Crippen LogP contribution in [0.2, 0.25) is 0 Å². The third-order valence-corrected chi connectivity index (χ3v) is 4.90. The van der Waals surface area contributed by atoms with Crippen molar-refractivity contribution in [1.82, 2.24) is 15.6 Å². The Morgan fingerprint density at radius 3 is 2.70 bits per heavy atom. The molecule has 20 heavy (non-hydrogen) atoms. The number of thiophene rings is 1. The lowest BCUT2D eigenvalue weighted by molar-refractivity contribution is 0.820. The Morgan fingerprint density at radius 1 is 1.25 bits per heavy atom. The lowest BCUT2D eigenvalue weighted by Gasteiger charge is -2.10. The Kier molecular flexibility index (Phi) is 5.55. The molecule has 6 heteroatoms. The number of aromatic nitrogens is 1. The van der Waals surface area contributed by atoms with Crippen molar-refractivity contribution in [1.29, 1.82) is 0 Å². The van der Waals surface area contributed by atoms with E-state index in [1.165, 1.54) is 15.3 Å². The van der Waals surface area contributed by atoms with Gasteiger partial charge < -0.3 is 10.6 Å². The molecular formula is C14H20N4S2. The zero-order valence-electron chi connectivity index (χ0n) is 12.1. The van der Waals surface area contributed by atoms with Crippen LogP contribution in [0.4, 0.5) is 0 Å². The number of thiazole rings is 1. The van der Waals surface area contributed by atoms with E-state index >= 15 is 0 Å². The molecule has 0 radical (unpaired) electrons. The van der Waals surface area contributed by atoms with Crippen LogP contribution in [0.25, 0.3) is 0 Å². The highest BCUT2D eigenvalue weighted by Crippen LogP contribution is 2.16. The number of nitrogens with one attached hydrogen (secondary N) is 2. The van der Waals surface area contributed by atoms with Gasteiger partial charge in [0.25, 0.3) is 0 Å². The first-order valence-corrected chi connectivity index (χ1v) is 8.40. The van der Waals surface area contributed by atoms with E-state index in [2.05, 4.69) is 45.9 Å². The SMILES string of the molecule is CCNC(=NCc1sccc1C)NCc1scnc1C. The maximum Gasteiger partial charge on any atom is 0.191 e. The number of aliphatic imine (C=N–C) groups is 1. The molecule has 0 aliphatic carbocycles. The van der Waals surface area contributed by atoms with Crippen LogP contribution in [0, 0.1) is 13.8 Å². The normalized spacial score (nSPS) is 11.7. The monoisotopic (exact) mass is 308 g/mol. The summed E-state index contributed by atoms with van der Waals surface area (Å²) in [5.41, 5.74) is 4.28. The fourth-order valence-corrected chi connectivity index (χ4v) is 3.26. The first kappa shape index (κ1) is 15.0. The number of hydrogen-bond donors (Lipinski definition) is 2. The molecule has 2 N–H and O–H groups in total. The second-order valence-electron chi connectivity index (χ2n) is 4.44. The first-order chi connectivity index (χ1) is 9.70. The molecule has 0 aliphatic heterocycles. The molecule has 0 unspecified atom stereocenters. The zero-order valence-corrected chi connectivity index (χ0v) is 13.7. The predicted molar refractivity (Wildman–Crippen MR) is 87.6 cm³/mol. The predicted octanol–water partition coefficient (Wildman–Crippen LogP) is 3.08. The van der Waals surface area contributed by atoms with Gasteiger partial charge in [0, 0.05) is 16.3 Å². The third kappa shape index (κ3) is 4.05. The molecule has 0 spiro atoms. The standard InChI is InChI=1S/C14H20N4S2/c1-4-15-14(16-7-12-10(2)5-6-19-12)17-8-13-11(3)18-9-20-13/h5-6,9H,4,7-8H2,1-3H3,(H2,15,16,17). The van der Waals surface area contributed by atoms with Gasteiger partial charge in [-0.05, 0) is 37.8 Å². The summed E-state index contributed by atoms with van der Waals surface area (Å²) in [7, 11) is 0. The summed E-state index contributed by atoms with van der Waals surface area (Å²) in [6.07, 6.45) is 0. The lowest BCUT2D eigenvalue weighted by atomic mass is 10.3. The van der Waals surface area contributed by atoms with Crippen LogP contribution < -0.4 is 10.6 Å². The number of hydrogen-bond acceptors (Lipinski definition) is 4. The number of guanidine groups is 1. The summed E-state index contributed by atoms with van der Waals surface area (Å²) >= 11 is 3.43. The van der Waals surface area contributed by atoms with Crippen LogP contribution >= 0.6 is 22.7 Å². The lowest BCUT2D eigenvalue weighted by Crippen LogP contribution is -2.36. The second-order valence-corrected chi connectivity index (χ2v) is 6.38. The number of rotatable bonds is 5. The molecule has 2 heterocycles. The third-order valence-electron chi connectivity index (χ3n) is 2.95. The average molecular weight is 308 g/mol. The fourth-order valence-electron chi connectivity index (χ4n) is 1.72. The summed E-state index contributed by atoms with van der Waals surface area (Å²) in [5, 5.41) is 8.75. The fraction of sp³-hybridized carbons (Fsp3) is 0.429. The van der Waals surface area contributed by atoms with E-state index < -0.39 is 0 Å². The maximum atomic E-state index is 4.63. The molecule has 0 atom stereocenters. The summed E-state index contributed by atoms with van der Waals surface area (Å²) < 4.78 is 0. The van der Waals surface area contributed by atoms with E-state index in [9.17, 15) is 0 Å². The van der Waals surface area contributed by atoms with Crippen molar-refractivity contribution in [2.45, 2.75) is 33.9 Å². The van der Waals surface area contributed by atoms with Crippen LogP contribution in [0.3, 0.4) is 0 Å². The molecule has 0 fully saturated rings. The number of aryl methyl sites for hydroxylation is 2. The van der Waals surface area contributed by atoms with Gasteiger partial charge in [0.05, 0.1) is 24.3 Å². The Hall–Kier alpha value is -1.40. The van der Waals surface area contributed by atoms with Gasteiger partial charge in [0.1, 0.15) is 0 Å². The second kappa shape index (κ2) is 7.40. The van der Waals surface area contributed by atoms with Crippen LogP contribution in [-0.2, 0) is 13.1 Å². The summed E-state index contributed by atoms with van der Waals surface area (Å²) in [5.74, 6) is 0.855. The van der Waals surface area contributed by atoms with Crippen molar-refractivity contribution >= 4 is 28.6 Å². The van der Waals surface area contributed by atoms with Gasteiger partial charge in [0.15, 0.2) is 5.96 Å². The van der Waals surface area contributed by atoms with Gasteiger partial charge in [0.2, 0.25) is 0 Å². The molecule has 2 aromatic heterocycles. The van der Waals surface area contributed by atoms with E-state index in [-0.39, 0.29) is 0 Å². The molecule has 2 rings (SSSR count). The molecule has 108 valence electrons. The minimum Gasteiger partial charge on any atom is -0.357 e. The highest BCUT2D eigenvalue weighted by molar-refractivity contribution is 7.10. The van der Waals surface area contributed by atoms with Gasteiger partial charge in [-0.1, -0.05) is 0 Å². The number of nitrogens with zero attached hydrogens (tertiary/aromatic N) is 2. The van der Waals surface area contributed by atoms with Crippen molar-refractivity contribution in [3.63, 3.8) is 0 Å². The van der Waals surface area contributed by atoms with Crippen LogP contribution in [0.15, 0.2) is 21.9 Å². The van der Waals surface area contributed by atoms with Crippen LogP contribution in [0.5, 0.6) is 0 Å². The molecular weight excluding hydrogens is 288 g/mol. The molecule has 0 saturated heterocycles. The highest BCUT2D eigenvalue weighted by atomic mass is 32.1. The van der Waals surface area contributed by atoms with Crippen molar-refractivity contribution in [3.8, 4) is 0 Å². The Bertz CT molecular complexity index is 571. The topological polar surface area (TPSA) is 49.3 Å². The quantitative estimate of drug-likeness (QED) is 0.659. The van der Waals surface area contributed by atoms with E-state index in [1.54, 1.807) is 22.7 Å². The van der Waals surface area contributed by atoms with Gasteiger partial charge in [-0.25, -0.2) is 9.98 Å². The molecule has 0 aromatic carbocycles. The van der Waals surface area contributed by atoms with Crippen molar-refractivity contribution < 1.29 is 0 Å². The van der Waals surface area contributed by atoms with E-state index in [4.69, 9.17) is 0 Å². The maximum absolute atomic E-state index is 4.63. The zero-order chi connectivity index (χ0) is 14.4. The summed E-state index contributed by atoms with van der Waals surface area (Å²) in [6.45, 7) is 8.59. The van der Waals surface area contributed by atoms with Crippen molar-refractivity contribution in [3.05, 3.63) is 38.0 Å². The van der Waals surface area contributed by atoms with E-state index in [1.807, 2.05) is 12.4 Å². The highest BCUT2D eigenvalue weighted by Gasteiger charge is 2.04. The van der Waals surface area contributed by atoms with Gasteiger partial charge >= 0.3 is 0 Å². The first-order valence-electron chi connectivity index (χ1n) is 6.64. The van der Waals surface area contributed by atoms with Gasteiger partial charge in [-0.15, -0.1) is 22.7 Å². The minimum atomic E-state index is 0.723. The summed E-state index contributed by atoms with van der Waals surface area (Å²) in [6, 6.07) is 2.14. The average Bonchev–Trinajstić information content (AvgIpc) is 3.02. The molecule has 2 aromatic rings.